The van der Waals surface area contributed by atoms with Crippen LogP contribution in [0.15, 0.2) is 30.6 Å². The Morgan fingerprint density at radius 1 is 1.44 bits per heavy atom. The molecule has 2 rings (SSSR count). The number of aromatic nitrogens is 2. The molecule has 0 bridgehead atoms. The molecule has 3 nitrogen and oxygen atoms in total. The zero-order chi connectivity index (χ0) is 11.5. The molecule has 4 heteroatoms. The summed E-state index contributed by atoms with van der Waals surface area (Å²) in [4.78, 5) is 4.16. The van der Waals surface area contributed by atoms with Crippen molar-refractivity contribution in [3.05, 3.63) is 42.0 Å². The second-order valence-corrected chi connectivity index (χ2v) is 3.63. The molecule has 0 spiro atoms. The van der Waals surface area contributed by atoms with E-state index in [2.05, 4.69) is 10.3 Å². The van der Waals surface area contributed by atoms with Crippen LogP contribution in [0.1, 0.15) is 12.5 Å². The first-order chi connectivity index (χ1) is 7.70. The van der Waals surface area contributed by atoms with Crippen molar-refractivity contribution in [2.75, 3.05) is 5.32 Å². The van der Waals surface area contributed by atoms with Crippen molar-refractivity contribution >= 4 is 11.6 Å². The first kappa shape index (κ1) is 10.7. The predicted octanol–water partition coefficient (Wildman–Crippen LogP) is 3.09. The Balaban J connectivity index is 2.24. The maximum absolute atomic E-state index is 13.3. The van der Waals surface area contributed by atoms with Crippen LogP contribution in [0, 0.1) is 12.7 Å². The number of hydrogen-bond acceptors (Lipinski definition) is 2. The molecule has 16 heavy (non-hydrogen) atoms. The third-order valence-electron chi connectivity index (χ3n) is 2.48. The molecule has 0 saturated heterocycles. The van der Waals surface area contributed by atoms with E-state index >= 15 is 0 Å². The highest BCUT2D eigenvalue weighted by atomic mass is 19.1. The van der Waals surface area contributed by atoms with Gasteiger partial charge in [0, 0.05) is 24.6 Å². The summed E-state index contributed by atoms with van der Waals surface area (Å²) in [6.45, 7) is 4.60. The molecule has 2 aromatic rings. The van der Waals surface area contributed by atoms with Gasteiger partial charge in [-0.05, 0) is 31.5 Å². The van der Waals surface area contributed by atoms with Gasteiger partial charge >= 0.3 is 0 Å². The van der Waals surface area contributed by atoms with Gasteiger partial charge in [0.05, 0.1) is 0 Å². The van der Waals surface area contributed by atoms with E-state index in [-0.39, 0.29) is 5.82 Å². The Kier molecular flexibility index (Phi) is 2.90. The number of aryl methyl sites for hydroxylation is 2. The number of nitrogens with one attached hydrogen (secondary N) is 1. The number of imidazole rings is 1. The molecule has 0 atom stereocenters. The van der Waals surface area contributed by atoms with Crippen LogP contribution >= 0.6 is 0 Å². The summed E-state index contributed by atoms with van der Waals surface area (Å²) in [5.74, 6) is 0.519. The van der Waals surface area contributed by atoms with Crippen molar-refractivity contribution < 1.29 is 4.39 Å². The summed E-state index contributed by atoms with van der Waals surface area (Å²) in [7, 11) is 0. The Labute approximate surface area is 93.9 Å². The fourth-order valence-electron chi connectivity index (χ4n) is 1.49. The van der Waals surface area contributed by atoms with E-state index in [4.69, 9.17) is 0 Å². The lowest BCUT2D eigenvalue weighted by atomic mass is 10.2. The van der Waals surface area contributed by atoms with Crippen LogP contribution in [0.25, 0.3) is 0 Å². The van der Waals surface area contributed by atoms with Gasteiger partial charge in [-0.3, -0.25) is 0 Å². The van der Waals surface area contributed by atoms with Crippen molar-refractivity contribution in [2.45, 2.75) is 20.4 Å². The van der Waals surface area contributed by atoms with E-state index in [1.54, 1.807) is 19.2 Å². The van der Waals surface area contributed by atoms with Crippen molar-refractivity contribution in [1.29, 1.82) is 0 Å². The molecule has 0 radical (unpaired) electrons. The van der Waals surface area contributed by atoms with Gasteiger partial charge in [-0.1, -0.05) is 6.07 Å². The Hall–Kier alpha value is -1.84. The van der Waals surface area contributed by atoms with E-state index in [0.717, 1.165) is 12.5 Å². The lowest BCUT2D eigenvalue weighted by molar-refractivity contribution is 0.619. The van der Waals surface area contributed by atoms with Gasteiger partial charge in [0.1, 0.15) is 5.82 Å². The lowest BCUT2D eigenvalue weighted by Crippen LogP contribution is -2.01. The number of halogens is 1. The molecule has 1 N–H and O–H groups in total. The molecule has 0 fully saturated rings. The van der Waals surface area contributed by atoms with Gasteiger partial charge in [0.15, 0.2) is 0 Å². The lowest BCUT2D eigenvalue weighted by Gasteiger charge is -2.08. The second-order valence-electron chi connectivity index (χ2n) is 3.63. The van der Waals surface area contributed by atoms with E-state index < -0.39 is 0 Å². The van der Waals surface area contributed by atoms with E-state index in [1.807, 2.05) is 23.8 Å². The molecule has 0 aliphatic heterocycles. The van der Waals surface area contributed by atoms with Gasteiger partial charge in [-0.2, -0.15) is 0 Å². The highest BCUT2D eigenvalue weighted by Crippen LogP contribution is 2.17. The normalized spacial score (nSPS) is 10.4. The number of nitrogens with zero attached hydrogens (tertiary/aromatic N) is 2. The minimum Gasteiger partial charge on any atom is -0.326 e. The second kappa shape index (κ2) is 4.35. The van der Waals surface area contributed by atoms with Gasteiger partial charge < -0.3 is 9.88 Å². The van der Waals surface area contributed by atoms with Crippen LogP contribution in [0.3, 0.4) is 0 Å². The SMILES string of the molecule is CCn1ccnc1Nc1ccc(C)c(F)c1. The van der Waals surface area contributed by atoms with Gasteiger partial charge in [0.25, 0.3) is 0 Å². The van der Waals surface area contributed by atoms with Crippen LogP contribution in [-0.4, -0.2) is 9.55 Å². The smallest absolute Gasteiger partial charge is 0.207 e. The molecule has 0 unspecified atom stereocenters. The number of benzene rings is 1. The molecule has 1 aromatic carbocycles. The van der Waals surface area contributed by atoms with Crippen LogP contribution < -0.4 is 5.32 Å². The zero-order valence-electron chi connectivity index (χ0n) is 9.37. The molecule has 1 aromatic heterocycles. The van der Waals surface area contributed by atoms with Crippen molar-refractivity contribution in [1.82, 2.24) is 9.55 Å². The summed E-state index contributed by atoms with van der Waals surface area (Å²) in [6.07, 6.45) is 3.60. The maximum atomic E-state index is 13.3. The fourth-order valence-corrected chi connectivity index (χ4v) is 1.49. The molecule has 0 saturated carbocycles. The van der Waals surface area contributed by atoms with E-state index in [9.17, 15) is 4.39 Å². The molecule has 1 heterocycles. The largest absolute Gasteiger partial charge is 0.326 e. The average Bonchev–Trinajstić information content (AvgIpc) is 2.71. The third-order valence-corrected chi connectivity index (χ3v) is 2.48. The number of rotatable bonds is 3. The van der Waals surface area contributed by atoms with Crippen LogP contribution in [0.4, 0.5) is 16.0 Å². The maximum Gasteiger partial charge on any atom is 0.207 e. The van der Waals surface area contributed by atoms with E-state index in [1.165, 1.54) is 6.07 Å². The quantitative estimate of drug-likeness (QED) is 0.859. The first-order valence-electron chi connectivity index (χ1n) is 5.25. The molecule has 0 amide bonds. The third kappa shape index (κ3) is 2.05. The standard InChI is InChI=1S/C12H14FN3/c1-3-16-7-6-14-12(16)15-10-5-4-9(2)11(13)8-10/h4-8H,3H2,1-2H3,(H,14,15). The summed E-state index contributed by atoms with van der Waals surface area (Å²) in [6, 6.07) is 5.06. The summed E-state index contributed by atoms with van der Waals surface area (Å²) >= 11 is 0. The number of anilines is 2. The van der Waals surface area contributed by atoms with E-state index in [0.29, 0.717) is 11.3 Å². The minimum atomic E-state index is -0.209. The average molecular weight is 219 g/mol. The minimum absolute atomic E-state index is 0.209. The predicted molar refractivity (Wildman–Crippen MR) is 62.3 cm³/mol. The molecular weight excluding hydrogens is 205 g/mol. The zero-order valence-corrected chi connectivity index (χ0v) is 9.37. The Morgan fingerprint density at radius 3 is 2.94 bits per heavy atom. The molecule has 0 aliphatic carbocycles. The molecular formula is C12H14FN3. The van der Waals surface area contributed by atoms with Crippen molar-refractivity contribution in [3.8, 4) is 0 Å². The summed E-state index contributed by atoms with van der Waals surface area (Å²) in [5.41, 5.74) is 1.35. The summed E-state index contributed by atoms with van der Waals surface area (Å²) in [5, 5.41) is 3.08. The van der Waals surface area contributed by atoms with Crippen LogP contribution in [0.2, 0.25) is 0 Å². The monoisotopic (exact) mass is 219 g/mol. The van der Waals surface area contributed by atoms with Crippen LogP contribution in [0.5, 0.6) is 0 Å². The first-order valence-corrected chi connectivity index (χ1v) is 5.25. The fraction of sp³-hybridized carbons (Fsp3) is 0.250. The summed E-state index contributed by atoms with van der Waals surface area (Å²) < 4.78 is 15.3. The highest BCUT2D eigenvalue weighted by Gasteiger charge is 2.03. The highest BCUT2D eigenvalue weighted by molar-refractivity contribution is 5.54. The van der Waals surface area contributed by atoms with Gasteiger partial charge in [-0.15, -0.1) is 0 Å². The number of hydrogen-bond donors (Lipinski definition) is 1. The van der Waals surface area contributed by atoms with Crippen molar-refractivity contribution in [2.24, 2.45) is 0 Å². The molecule has 84 valence electrons. The van der Waals surface area contributed by atoms with Crippen molar-refractivity contribution in [3.63, 3.8) is 0 Å². The topological polar surface area (TPSA) is 29.9 Å². The van der Waals surface area contributed by atoms with Crippen LogP contribution in [-0.2, 0) is 6.54 Å². The molecule has 0 aliphatic rings. The van der Waals surface area contributed by atoms with Gasteiger partial charge in [0.2, 0.25) is 5.95 Å². The van der Waals surface area contributed by atoms with Gasteiger partial charge in [-0.25, -0.2) is 9.37 Å². The Morgan fingerprint density at radius 2 is 2.25 bits per heavy atom. The Bertz CT molecular complexity index is 491.